The number of likely N-dealkylation sites (tertiary alicyclic amines) is 1. The second kappa shape index (κ2) is 9.67. The van der Waals surface area contributed by atoms with E-state index in [0.717, 1.165) is 42.3 Å². The summed E-state index contributed by atoms with van der Waals surface area (Å²) in [5.74, 6) is 3.27. The van der Waals surface area contributed by atoms with Gasteiger partial charge in [0.25, 0.3) is 0 Å². The van der Waals surface area contributed by atoms with Crippen molar-refractivity contribution in [2.45, 2.75) is 38.3 Å². The van der Waals surface area contributed by atoms with E-state index in [9.17, 15) is 8.78 Å². The summed E-state index contributed by atoms with van der Waals surface area (Å²) in [5, 5.41) is 12.2. The van der Waals surface area contributed by atoms with E-state index in [0.29, 0.717) is 11.7 Å². The molecule has 1 N–H and O–H groups in total. The number of anilines is 1. The monoisotopic (exact) mass is 444 g/mol. The smallest absolute Gasteiger partial charge is 0.387 e. The van der Waals surface area contributed by atoms with Crippen LogP contribution in [0.15, 0.2) is 36.4 Å². The predicted molar refractivity (Wildman–Crippen MR) is 118 cm³/mol. The molecule has 8 heteroatoms. The van der Waals surface area contributed by atoms with Crippen molar-refractivity contribution < 1.29 is 18.3 Å². The Morgan fingerprint density at radius 2 is 1.72 bits per heavy atom. The van der Waals surface area contributed by atoms with E-state index >= 15 is 0 Å². The van der Waals surface area contributed by atoms with Crippen LogP contribution in [0.2, 0.25) is 0 Å². The number of hydrogen-bond acceptors (Lipinski definition) is 6. The van der Waals surface area contributed by atoms with Gasteiger partial charge < -0.3 is 19.7 Å². The van der Waals surface area contributed by atoms with Crippen molar-refractivity contribution in [1.82, 2.24) is 15.1 Å². The van der Waals surface area contributed by atoms with Gasteiger partial charge in [-0.2, -0.15) is 8.78 Å². The van der Waals surface area contributed by atoms with Crippen molar-refractivity contribution in [2.75, 3.05) is 38.2 Å². The lowest BCUT2D eigenvalue weighted by atomic mass is 10.00. The molecule has 2 saturated heterocycles. The van der Waals surface area contributed by atoms with Gasteiger partial charge in [-0.15, -0.1) is 10.2 Å². The van der Waals surface area contributed by atoms with Gasteiger partial charge in [0, 0.05) is 44.5 Å². The summed E-state index contributed by atoms with van der Waals surface area (Å²) in [6, 6.07) is 10.7. The van der Waals surface area contributed by atoms with Crippen LogP contribution in [-0.4, -0.2) is 60.6 Å². The highest BCUT2D eigenvalue weighted by atomic mass is 19.3. The van der Waals surface area contributed by atoms with Crippen LogP contribution in [0, 0.1) is 17.8 Å². The topological polar surface area (TPSA) is 59.5 Å². The Morgan fingerprint density at radius 3 is 2.34 bits per heavy atom. The molecular weight excluding hydrogens is 414 g/mol. The van der Waals surface area contributed by atoms with Gasteiger partial charge in [-0.25, -0.2) is 0 Å². The average Bonchev–Trinajstić information content (AvgIpc) is 3.33. The van der Waals surface area contributed by atoms with Crippen molar-refractivity contribution in [3.8, 4) is 17.0 Å². The molecule has 2 unspecified atom stereocenters. The molecule has 3 aliphatic rings. The number of fused-ring (bicyclic) bond motifs is 1. The Balaban J connectivity index is 1.11. The number of halogens is 2. The van der Waals surface area contributed by atoms with E-state index in [2.05, 4.69) is 25.2 Å². The number of aromatic nitrogens is 2. The van der Waals surface area contributed by atoms with E-state index in [1.54, 1.807) is 12.1 Å². The molecule has 6 nitrogen and oxygen atoms in total. The van der Waals surface area contributed by atoms with Gasteiger partial charge in [0.15, 0.2) is 0 Å². The molecule has 2 atom stereocenters. The van der Waals surface area contributed by atoms with Crippen LogP contribution in [-0.2, 0) is 4.74 Å². The number of rotatable bonds is 7. The third-order valence-electron chi connectivity index (χ3n) is 7.08. The lowest BCUT2D eigenvalue weighted by molar-refractivity contribution is -0.0498. The van der Waals surface area contributed by atoms with Crippen LogP contribution in [0.3, 0.4) is 0 Å². The van der Waals surface area contributed by atoms with Crippen molar-refractivity contribution in [3.63, 3.8) is 0 Å². The fourth-order valence-electron chi connectivity index (χ4n) is 5.54. The molecule has 0 radical (unpaired) electrons. The first-order valence-electron chi connectivity index (χ1n) is 11.6. The van der Waals surface area contributed by atoms with E-state index < -0.39 is 6.61 Å². The molecule has 0 spiro atoms. The van der Waals surface area contributed by atoms with Gasteiger partial charge in [-0.3, -0.25) is 0 Å². The van der Waals surface area contributed by atoms with Gasteiger partial charge in [0.1, 0.15) is 11.6 Å². The number of nitrogens with one attached hydrogen (secondary N) is 1. The molecular formula is C24H30F2N4O2. The summed E-state index contributed by atoms with van der Waals surface area (Å²) < 4.78 is 34.5. The zero-order valence-corrected chi connectivity index (χ0v) is 18.1. The van der Waals surface area contributed by atoms with Crippen LogP contribution in [0.4, 0.5) is 14.6 Å². The zero-order valence-electron chi connectivity index (χ0n) is 18.1. The molecule has 5 rings (SSSR count). The quantitative estimate of drug-likeness (QED) is 0.688. The molecule has 0 bridgehead atoms. The van der Waals surface area contributed by atoms with Crippen molar-refractivity contribution in [3.05, 3.63) is 36.4 Å². The molecule has 2 aliphatic heterocycles. The Bertz CT molecular complexity index is 861. The van der Waals surface area contributed by atoms with Gasteiger partial charge >= 0.3 is 6.61 Å². The Morgan fingerprint density at radius 1 is 1.00 bits per heavy atom. The van der Waals surface area contributed by atoms with Crippen LogP contribution in [0.5, 0.6) is 5.75 Å². The van der Waals surface area contributed by atoms with Crippen molar-refractivity contribution >= 4 is 5.82 Å². The second-order valence-corrected chi connectivity index (χ2v) is 9.31. The molecule has 3 fully saturated rings. The van der Waals surface area contributed by atoms with Crippen LogP contribution in [0.1, 0.15) is 25.7 Å². The normalized spacial score (nSPS) is 26.4. The number of ether oxygens (including phenoxy) is 2. The van der Waals surface area contributed by atoms with E-state index in [4.69, 9.17) is 4.74 Å². The van der Waals surface area contributed by atoms with Crippen LogP contribution >= 0.6 is 0 Å². The summed E-state index contributed by atoms with van der Waals surface area (Å²) in [7, 11) is 0. The largest absolute Gasteiger partial charge is 0.435 e. The van der Waals surface area contributed by atoms with Crippen molar-refractivity contribution in [2.24, 2.45) is 17.8 Å². The van der Waals surface area contributed by atoms with E-state index in [-0.39, 0.29) is 5.75 Å². The summed E-state index contributed by atoms with van der Waals surface area (Å²) in [4.78, 5) is 2.67. The Labute approximate surface area is 187 Å². The molecule has 2 aromatic rings. The number of benzene rings is 1. The van der Waals surface area contributed by atoms with Gasteiger partial charge in [-0.1, -0.05) is 0 Å². The predicted octanol–water partition coefficient (Wildman–Crippen LogP) is 4.29. The molecule has 32 heavy (non-hydrogen) atoms. The first kappa shape index (κ1) is 21.5. The van der Waals surface area contributed by atoms with Crippen molar-refractivity contribution in [1.29, 1.82) is 0 Å². The summed E-state index contributed by atoms with van der Waals surface area (Å²) in [6.07, 6.45) is 4.78. The maximum Gasteiger partial charge on any atom is 0.387 e. The summed E-state index contributed by atoms with van der Waals surface area (Å²) in [5.41, 5.74) is 1.51. The zero-order chi connectivity index (χ0) is 21.9. The van der Waals surface area contributed by atoms with Crippen LogP contribution < -0.4 is 10.1 Å². The minimum atomic E-state index is -2.82. The highest BCUT2D eigenvalue weighted by Crippen LogP contribution is 2.39. The first-order chi connectivity index (χ1) is 15.6. The van der Waals surface area contributed by atoms with Gasteiger partial charge in [0.05, 0.1) is 5.69 Å². The standard InChI is InChI=1S/C24H30F2N4O2/c25-24(26)32-21-3-1-17(2-4-21)22-5-6-23(29-28-22)27-20-11-18-14-30(15-19(18)12-20)13-16-7-9-31-10-8-16/h1-6,16,18-20,24H,7-15H2,(H,27,29). The molecule has 1 aliphatic carbocycles. The van der Waals surface area contributed by atoms with E-state index in [1.165, 1.54) is 57.5 Å². The molecule has 3 heterocycles. The summed E-state index contributed by atoms with van der Waals surface area (Å²) in [6.45, 7) is 2.70. The fourth-order valence-corrected chi connectivity index (χ4v) is 5.54. The fraction of sp³-hybridized carbons (Fsp3) is 0.583. The number of alkyl halides is 2. The van der Waals surface area contributed by atoms with Crippen LogP contribution in [0.25, 0.3) is 11.3 Å². The third kappa shape index (κ3) is 5.18. The highest BCUT2D eigenvalue weighted by molar-refractivity contribution is 5.60. The number of hydrogen-bond donors (Lipinski definition) is 1. The molecule has 1 saturated carbocycles. The maximum atomic E-state index is 12.3. The molecule has 1 aromatic heterocycles. The highest BCUT2D eigenvalue weighted by Gasteiger charge is 2.41. The minimum absolute atomic E-state index is 0.133. The SMILES string of the molecule is FC(F)Oc1ccc(-c2ccc(NC3CC4CN(CC5CCOCC5)CC4C3)nn2)cc1. The lowest BCUT2D eigenvalue weighted by Gasteiger charge is -2.27. The van der Waals surface area contributed by atoms with Gasteiger partial charge in [-0.05, 0) is 79.8 Å². The van der Waals surface area contributed by atoms with E-state index in [1.807, 2.05) is 12.1 Å². The molecule has 172 valence electrons. The maximum absolute atomic E-state index is 12.3. The second-order valence-electron chi connectivity index (χ2n) is 9.31. The third-order valence-corrected chi connectivity index (χ3v) is 7.08. The van der Waals surface area contributed by atoms with Gasteiger partial charge in [0.2, 0.25) is 0 Å². The molecule has 1 aromatic carbocycles. The Kier molecular flexibility index (Phi) is 6.50. The average molecular weight is 445 g/mol. The molecule has 0 amide bonds. The lowest BCUT2D eigenvalue weighted by Crippen LogP contribution is -2.32. The Hall–Kier alpha value is -2.32. The summed E-state index contributed by atoms with van der Waals surface area (Å²) >= 11 is 0. The number of nitrogens with zero attached hydrogens (tertiary/aromatic N) is 3. The minimum Gasteiger partial charge on any atom is -0.435 e. The first-order valence-corrected chi connectivity index (χ1v) is 11.6.